The molecule has 0 aromatic rings. The Hall–Kier alpha value is -1.42. The van der Waals surface area contributed by atoms with Gasteiger partial charge in [-0.15, -0.1) is 0 Å². The molecule has 8 nitrogen and oxygen atoms in total. The molecule has 0 aromatic carbocycles. The molecule has 5 N–H and O–H groups in total. The molecule has 1 heterocycles. The molecule has 110 valence electrons. The van der Waals surface area contributed by atoms with Crippen molar-refractivity contribution in [2.24, 2.45) is 0 Å². The molecule has 0 spiro atoms. The average molecular weight is 286 g/mol. The van der Waals surface area contributed by atoms with Crippen molar-refractivity contribution in [3.63, 3.8) is 0 Å². The van der Waals surface area contributed by atoms with Gasteiger partial charge < -0.3 is 30.3 Å². The van der Waals surface area contributed by atoms with Crippen LogP contribution in [0, 0.1) is 0 Å². The fraction of sp³-hybridized carbons (Fsp3) is 0.500. The maximum atomic E-state index is 11.7. The van der Waals surface area contributed by atoms with Crippen LogP contribution in [-0.4, -0.2) is 73.9 Å². The van der Waals surface area contributed by atoms with Gasteiger partial charge in [0.1, 0.15) is 24.4 Å². The van der Waals surface area contributed by atoms with Crippen LogP contribution in [0.1, 0.15) is 0 Å². The van der Waals surface area contributed by atoms with Gasteiger partial charge in [0.2, 0.25) is 5.79 Å². The number of ether oxygens (including phenoxy) is 1. The van der Waals surface area contributed by atoms with Gasteiger partial charge in [-0.2, -0.15) is 0 Å². The number of ketones is 2. The lowest BCUT2D eigenvalue weighted by Crippen LogP contribution is -2.66. The maximum absolute atomic E-state index is 11.7. The first-order chi connectivity index (χ1) is 9.31. The van der Waals surface area contributed by atoms with E-state index in [-0.39, 0.29) is 0 Å². The number of hydrogen-bond donors (Lipinski definition) is 5. The fourth-order valence-corrected chi connectivity index (χ4v) is 2.17. The Bertz CT molecular complexity index is 494. The molecule has 1 aliphatic carbocycles. The third-order valence-electron chi connectivity index (χ3n) is 3.30. The highest BCUT2D eigenvalue weighted by atomic mass is 16.7. The summed E-state index contributed by atoms with van der Waals surface area (Å²) in [4.78, 5) is 23.0. The summed E-state index contributed by atoms with van der Waals surface area (Å²) in [6.07, 6.45) is -4.37. The van der Waals surface area contributed by atoms with Crippen LogP contribution in [0.4, 0.5) is 0 Å². The Morgan fingerprint density at radius 2 is 1.80 bits per heavy atom. The summed E-state index contributed by atoms with van der Waals surface area (Å²) in [7, 11) is 0. The van der Waals surface area contributed by atoms with Crippen molar-refractivity contribution >= 4 is 11.6 Å². The molecule has 0 unspecified atom stereocenters. The van der Waals surface area contributed by atoms with Gasteiger partial charge in [-0.1, -0.05) is 0 Å². The monoisotopic (exact) mass is 286 g/mol. The second-order valence-electron chi connectivity index (χ2n) is 4.62. The lowest BCUT2D eigenvalue weighted by Gasteiger charge is -2.46. The second-order valence-corrected chi connectivity index (χ2v) is 4.62. The molecular formula is C12H14O8. The molecule has 1 fully saturated rings. The third kappa shape index (κ3) is 2.22. The lowest BCUT2D eigenvalue weighted by atomic mass is 9.84. The second kappa shape index (κ2) is 5.17. The van der Waals surface area contributed by atoms with Gasteiger partial charge in [0.15, 0.2) is 11.6 Å². The van der Waals surface area contributed by atoms with Crippen LogP contribution in [-0.2, 0) is 14.3 Å². The van der Waals surface area contributed by atoms with Gasteiger partial charge in [-0.3, -0.25) is 9.59 Å². The number of aliphatic hydroxyl groups is 5. The third-order valence-corrected chi connectivity index (χ3v) is 3.30. The van der Waals surface area contributed by atoms with Gasteiger partial charge in [-0.05, 0) is 18.2 Å². The van der Waals surface area contributed by atoms with E-state index in [2.05, 4.69) is 0 Å². The van der Waals surface area contributed by atoms with Crippen molar-refractivity contribution in [3.05, 3.63) is 23.8 Å². The van der Waals surface area contributed by atoms with Gasteiger partial charge in [0.25, 0.3) is 0 Å². The van der Waals surface area contributed by atoms with Crippen molar-refractivity contribution in [2.45, 2.75) is 30.2 Å². The largest absolute Gasteiger partial charge is 0.394 e. The molecule has 2 rings (SSSR count). The van der Waals surface area contributed by atoms with Crippen LogP contribution >= 0.6 is 0 Å². The molecule has 0 radical (unpaired) electrons. The molecule has 20 heavy (non-hydrogen) atoms. The molecule has 0 saturated carbocycles. The van der Waals surface area contributed by atoms with Gasteiger partial charge >= 0.3 is 0 Å². The molecule has 0 amide bonds. The van der Waals surface area contributed by atoms with Crippen LogP contribution in [0.3, 0.4) is 0 Å². The molecule has 0 bridgehead atoms. The van der Waals surface area contributed by atoms with E-state index in [4.69, 9.17) is 9.84 Å². The molecule has 5 atom stereocenters. The van der Waals surface area contributed by atoms with E-state index < -0.39 is 53.9 Å². The van der Waals surface area contributed by atoms with E-state index in [1.54, 1.807) is 0 Å². The van der Waals surface area contributed by atoms with Crippen molar-refractivity contribution in [1.29, 1.82) is 0 Å². The number of hydrogen-bond acceptors (Lipinski definition) is 8. The van der Waals surface area contributed by atoms with Crippen molar-refractivity contribution < 1.29 is 39.9 Å². The summed E-state index contributed by atoms with van der Waals surface area (Å²) in [5.41, 5.74) is -0.568. The van der Waals surface area contributed by atoms with E-state index in [0.717, 1.165) is 18.2 Å². The standard InChI is InChI=1S/C12H14O8/c13-4-8-9(16)10(17)11(18)12(19,20-8)6-3-5(14)1-2-7(6)15/h1-3,8-11,13,16-19H,4H2/t8-,9+,10+,11-,12+/m1/s1. The van der Waals surface area contributed by atoms with Crippen molar-refractivity contribution in [2.75, 3.05) is 6.61 Å². The predicted molar refractivity (Wildman–Crippen MR) is 62.2 cm³/mol. The molecule has 2 aliphatic rings. The fourth-order valence-electron chi connectivity index (χ4n) is 2.17. The van der Waals surface area contributed by atoms with Gasteiger partial charge in [0, 0.05) is 0 Å². The van der Waals surface area contributed by atoms with Crippen LogP contribution < -0.4 is 0 Å². The van der Waals surface area contributed by atoms with E-state index in [9.17, 15) is 30.0 Å². The summed E-state index contributed by atoms with van der Waals surface area (Å²) in [5, 5.41) is 48.4. The average Bonchev–Trinajstić information content (AvgIpc) is 2.43. The minimum absolute atomic E-state index is 0.568. The Labute approximate surface area is 113 Å². The lowest BCUT2D eigenvalue weighted by molar-refractivity contribution is -0.330. The number of aliphatic hydroxyl groups excluding tert-OH is 4. The normalized spacial score (nSPS) is 41.8. The van der Waals surface area contributed by atoms with Crippen molar-refractivity contribution in [3.8, 4) is 0 Å². The predicted octanol–water partition coefficient (Wildman–Crippen LogP) is -3.22. The summed E-state index contributed by atoms with van der Waals surface area (Å²) in [6.45, 7) is -0.765. The summed E-state index contributed by atoms with van der Waals surface area (Å²) >= 11 is 0. The van der Waals surface area contributed by atoms with E-state index in [1.165, 1.54) is 0 Å². The van der Waals surface area contributed by atoms with E-state index in [0.29, 0.717) is 0 Å². The summed E-state index contributed by atoms with van der Waals surface area (Å²) in [5.74, 6) is -4.08. The number of carbonyl (C=O) groups excluding carboxylic acids is 2. The zero-order chi connectivity index (χ0) is 15.1. The van der Waals surface area contributed by atoms with Crippen LogP contribution in [0.5, 0.6) is 0 Å². The molecular weight excluding hydrogens is 272 g/mol. The van der Waals surface area contributed by atoms with E-state index in [1.807, 2.05) is 0 Å². The quantitative estimate of drug-likeness (QED) is 0.333. The van der Waals surface area contributed by atoms with Crippen LogP contribution in [0.2, 0.25) is 0 Å². The molecule has 1 aliphatic heterocycles. The highest BCUT2D eigenvalue weighted by molar-refractivity contribution is 6.18. The highest BCUT2D eigenvalue weighted by Crippen LogP contribution is 2.35. The first kappa shape index (κ1) is 15.0. The van der Waals surface area contributed by atoms with E-state index >= 15 is 0 Å². The zero-order valence-electron chi connectivity index (χ0n) is 10.2. The Morgan fingerprint density at radius 3 is 2.40 bits per heavy atom. The SMILES string of the molecule is O=C1C=CC(=O)C([C@]2(O)O[C@H](CO)[C@H](O)[C@H](O)[C@H]2O)=C1. The minimum Gasteiger partial charge on any atom is -0.394 e. The molecule has 8 heteroatoms. The topological polar surface area (TPSA) is 145 Å². The summed E-state index contributed by atoms with van der Waals surface area (Å²) in [6, 6.07) is 0. The zero-order valence-corrected chi connectivity index (χ0v) is 10.2. The number of allylic oxidation sites excluding steroid dienone is 3. The number of carbonyl (C=O) groups is 2. The Morgan fingerprint density at radius 1 is 1.15 bits per heavy atom. The van der Waals surface area contributed by atoms with Gasteiger partial charge in [0.05, 0.1) is 12.2 Å². The first-order valence-corrected chi connectivity index (χ1v) is 5.85. The van der Waals surface area contributed by atoms with Gasteiger partial charge in [-0.25, -0.2) is 0 Å². The van der Waals surface area contributed by atoms with Crippen LogP contribution in [0.15, 0.2) is 23.8 Å². The number of rotatable bonds is 2. The summed E-state index contributed by atoms with van der Waals surface area (Å²) < 4.78 is 4.95. The molecule has 1 saturated heterocycles. The molecule has 0 aromatic heterocycles. The Balaban J connectivity index is 2.42. The minimum atomic E-state index is -2.69. The highest BCUT2D eigenvalue weighted by Gasteiger charge is 2.56. The first-order valence-electron chi connectivity index (χ1n) is 5.85. The van der Waals surface area contributed by atoms with Crippen molar-refractivity contribution in [1.82, 2.24) is 0 Å². The smallest absolute Gasteiger partial charge is 0.226 e. The maximum Gasteiger partial charge on any atom is 0.226 e. The Kier molecular flexibility index (Phi) is 3.87. The van der Waals surface area contributed by atoms with Crippen LogP contribution in [0.25, 0.3) is 0 Å².